The van der Waals surface area contributed by atoms with Crippen LogP contribution in [0.2, 0.25) is 0 Å². The Morgan fingerprint density at radius 3 is 2.71 bits per heavy atom. The minimum absolute atomic E-state index is 0.0149. The second-order valence-electron chi connectivity index (χ2n) is 9.02. The molecule has 1 N–H and O–H groups in total. The zero-order valence-electron chi connectivity index (χ0n) is 20.1. The maximum atomic E-state index is 13.2. The number of hydrogen-bond donors (Lipinski definition) is 1. The van der Waals surface area contributed by atoms with E-state index in [2.05, 4.69) is 14.5 Å². The van der Waals surface area contributed by atoms with E-state index in [4.69, 9.17) is 9.47 Å². The minimum Gasteiger partial charge on any atom is -0.486 e. The van der Waals surface area contributed by atoms with Crippen molar-refractivity contribution < 1.29 is 14.3 Å². The fourth-order valence-corrected chi connectivity index (χ4v) is 4.57. The molecule has 0 saturated carbocycles. The molecule has 0 spiro atoms. The number of ether oxygens (including phenoxy) is 2. The van der Waals surface area contributed by atoms with E-state index in [9.17, 15) is 9.59 Å². The highest BCUT2D eigenvalue weighted by Crippen LogP contribution is 2.31. The highest BCUT2D eigenvalue weighted by atomic mass is 16.6. The predicted molar refractivity (Wildman–Crippen MR) is 133 cm³/mol. The lowest BCUT2D eigenvalue weighted by Gasteiger charge is -2.27. The van der Waals surface area contributed by atoms with Gasteiger partial charge in [0, 0.05) is 17.0 Å². The molecule has 8 heteroatoms. The molecule has 0 saturated heterocycles. The third-order valence-corrected chi connectivity index (χ3v) is 6.32. The first kappa shape index (κ1) is 22.9. The molecule has 1 unspecified atom stereocenters. The smallest absolute Gasteiger partial charge is 0.258 e. The number of aromatic nitrogens is 3. The molecular formula is C27H28N4O4. The first-order valence-corrected chi connectivity index (χ1v) is 11.6. The Hall–Kier alpha value is -3.91. The number of ketones is 1. The molecule has 1 aliphatic heterocycles. The number of aryl methyl sites for hydroxylation is 1. The number of nitrogens with one attached hydrogen (secondary N) is 1. The summed E-state index contributed by atoms with van der Waals surface area (Å²) in [5.74, 6) is 2.04. The van der Waals surface area contributed by atoms with E-state index in [0.29, 0.717) is 42.0 Å². The van der Waals surface area contributed by atoms with Gasteiger partial charge in [-0.15, -0.1) is 0 Å². The summed E-state index contributed by atoms with van der Waals surface area (Å²) in [6.07, 6.45) is -0.142. The van der Waals surface area contributed by atoms with Crippen molar-refractivity contribution in [3.63, 3.8) is 0 Å². The number of fused-ring (bicyclic) bond motifs is 2. The van der Waals surface area contributed by atoms with E-state index < -0.39 is 0 Å². The molecule has 1 aliphatic rings. The summed E-state index contributed by atoms with van der Waals surface area (Å²) in [5, 5.41) is 0.554. The number of hydrogen-bond acceptors (Lipinski definition) is 6. The Kier molecular flexibility index (Phi) is 6.13. The molecule has 0 amide bonds. The molecule has 0 fully saturated rings. The van der Waals surface area contributed by atoms with Gasteiger partial charge in [0.1, 0.15) is 12.4 Å². The second-order valence-corrected chi connectivity index (χ2v) is 9.02. The lowest BCUT2D eigenvalue weighted by molar-refractivity contribution is 0.0777. The van der Waals surface area contributed by atoms with Crippen LogP contribution in [-0.2, 0) is 13.1 Å². The Balaban J connectivity index is 1.26. The number of benzene rings is 2. The summed E-state index contributed by atoms with van der Waals surface area (Å²) < 4.78 is 14.1. The van der Waals surface area contributed by atoms with Crippen molar-refractivity contribution in [2.24, 2.45) is 0 Å². The summed E-state index contributed by atoms with van der Waals surface area (Å²) in [6, 6.07) is 16.8. The van der Waals surface area contributed by atoms with Crippen molar-refractivity contribution in [2.45, 2.75) is 33.0 Å². The van der Waals surface area contributed by atoms with Gasteiger partial charge in [0.05, 0.1) is 30.5 Å². The molecule has 1 atom stereocenters. The summed E-state index contributed by atoms with van der Waals surface area (Å²) >= 11 is 0. The van der Waals surface area contributed by atoms with Crippen LogP contribution in [0.5, 0.6) is 11.5 Å². The van der Waals surface area contributed by atoms with Crippen LogP contribution in [0, 0.1) is 13.8 Å². The Morgan fingerprint density at radius 1 is 1.14 bits per heavy atom. The maximum absolute atomic E-state index is 13.2. The third-order valence-electron chi connectivity index (χ3n) is 6.32. The monoisotopic (exact) mass is 472 g/mol. The number of aromatic amines is 1. The molecule has 8 nitrogen and oxygen atoms in total. The number of likely N-dealkylation sites (N-methyl/N-ethyl adjacent to an activating group) is 1. The average Bonchev–Trinajstić information content (AvgIpc) is 3.12. The highest BCUT2D eigenvalue weighted by molar-refractivity contribution is 5.99. The average molecular weight is 473 g/mol. The van der Waals surface area contributed by atoms with Crippen molar-refractivity contribution in [1.29, 1.82) is 0 Å². The van der Waals surface area contributed by atoms with Gasteiger partial charge in [0.15, 0.2) is 23.4 Å². The van der Waals surface area contributed by atoms with Crippen LogP contribution in [0.25, 0.3) is 10.9 Å². The fraction of sp³-hybridized carbons (Fsp3) is 0.296. The first-order chi connectivity index (χ1) is 16.9. The van der Waals surface area contributed by atoms with E-state index in [-0.39, 0.29) is 24.0 Å². The van der Waals surface area contributed by atoms with Crippen LogP contribution in [0.3, 0.4) is 0 Å². The number of rotatable bonds is 7. The lowest BCUT2D eigenvalue weighted by atomic mass is 10.1. The van der Waals surface area contributed by atoms with Gasteiger partial charge in [-0.2, -0.15) is 0 Å². The molecule has 180 valence electrons. The van der Waals surface area contributed by atoms with Crippen LogP contribution < -0.4 is 15.0 Å². The van der Waals surface area contributed by atoms with E-state index in [1.165, 1.54) is 0 Å². The molecule has 2 aromatic heterocycles. The Morgan fingerprint density at radius 2 is 1.89 bits per heavy atom. The number of carbonyl (C=O) groups excluding carboxylic acids is 1. The minimum atomic E-state index is -0.176. The predicted octanol–water partition coefficient (Wildman–Crippen LogP) is 3.50. The van der Waals surface area contributed by atoms with E-state index >= 15 is 0 Å². The van der Waals surface area contributed by atoms with E-state index in [1.54, 1.807) is 6.07 Å². The molecule has 2 aromatic carbocycles. The van der Waals surface area contributed by atoms with Crippen LogP contribution in [0.1, 0.15) is 27.6 Å². The van der Waals surface area contributed by atoms with E-state index in [0.717, 1.165) is 22.9 Å². The quantitative estimate of drug-likeness (QED) is 0.414. The third kappa shape index (κ3) is 4.70. The molecule has 0 radical (unpaired) electrons. The van der Waals surface area contributed by atoms with Crippen molar-refractivity contribution in [1.82, 2.24) is 19.4 Å². The van der Waals surface area contributed by atoms with Crippen LogP contribution >= 0.6 is 0 Å². The van der Waals surface area contributed by atoms with Gasteiger partial charge in [-0.3, -0.25) is 14.5 Å². The number of Topliss-reactive ketones (excluding diaryl/α,β-unsaturated/α-hetero) is 1. The van der Waals surface area contributed by atoms with Crippen molar-refractivity contribution in [3.05, 3.63) is 87.7 Å². The van der Waals surface area contributed by atoms with Gasteiger partial charge in [-0.1, -0.05) is 24.3 Å². The molecule has 0 aliphatic carbocycles. The number of carbonyl (C=O) groups is 1. The van der Waals surface area contributed by atoms with Crippen LogP contribution in [0.15, 0.2) is 59.4 Å². The van der Waals surface area contributed by atoms with Gasteiger partial charge in [0.25, 0.3) is 5.56 Å². The largest absolute Gasteiger partial charge is 0.486 e. The van der Waals surface area contributed by atoms with Crippen molar-refractivity contribution >= 4 is 16.7 Å². The number of para-hydroxylation sites is 3. The van der Waals surface area contributed by atoms with Gasteiger partial charge < -0.3 is 19.0 Å². The number of H-pyrrole nitrogens is 1. The normalized spacial score (nSPS) is 15.0. The van der Waals surface area contributed by atoms with Crippen LogP contribution in [0.4, 0.5) is 0 Å². The highest BCUT2D eigenvalue weighted by Gasteiger charge is 2.24. The van der Waals surface area contributed by atoms with Crippen molar-refractivity contribution in [3.8, 4) is 11.5 Å². The Bertz CT molecular complexity index is 1460. The molecule has 3 heterocycles. The molecule has 5 rings (SSSR count). The van der Waals surface area contributed by atoms with Gasteiger partial charge >= 0.3 is 0 Å². The molecule has 0 bridgehead atoms. The Labute approximate surface area is 203 Å². The van der Waals surface area contributed by atoms with Crippen molar-refractivity contribution in [2.75, 3.05) is 20.2 Å². The molecule has 35 heavy (non-hydrogen) atoms. The standard InChI is InChI=1S/C27H28N4O4/c1-17-12-21(18(2)31(17)13-19-16-34-24-10-6-7-11-25(24)35-19)23(32)14-30(3)15-26-28-22-9-5-4-8-20(22)27(33)29-26/h4-12,19H,13-16H2,1-3H3,(H,28,29,33). The topological polar surface area (TPSA) is 89.5 Å². The first-order valence-electron chi connectivity index (χ1n) is 11.6. The zero-order chi connectivity index (χ0) is 24.5. The zero-order valence-corrected chi connectivity index (χ0v) is 20.1. The summed E-state index contributed by atoms with van der Waals surface area (Å²) in [7, 11) is 1.84. The van der Waals surface area contributed by atoms with Crippen LogP contribution in [-0.4, -0.2) is 51.5 Å². The summed E-state index contributed by atoms with van der Waals surface area (Å²) in [4.78, 5) is 34.7. The molecule has 4 aromatic rings. The maximum Gasteiger partial charge on any atom is 0.258 e. The lowest BCUT2D eigenvalue weighted by Crippen LogP contribution is -2.33. The summed E-state index contributed by atoms with van der Waals surface area (Å²) in [6.45, 7) is 5.57. The fourth-order valence-electron chi connectivity index (χ4n) is 4.57. The second kappa shape index (κ2) is 9.38. The van der Waals surface area contributed by atoms with Gasteiger partial charge in [-0.25, -0.2) is 4.98 Å². The number of nitrogens with zero attached hydrogens (tertiary/aromatic N) is 3. The van der Waals surface area contributed by atoms with Gasteiger partial charge in [-0.05, 0) is 51.2 Å². The van der Waals surface area contributed by atoms with E-state index in [1.807, 2.05) is 74.3 Å². The molecular weight excluding hydrogens is 444 g/mol. The summed E-state index contributed by atoms with van der Waals surface area (Å²) in [5.41, 5.74) is 3.06. The van der Waals surface area contributed by atoms with Gasteiger partial charge in [0.2, 0.25) is 0 Å². The SMILES string of the molecule is Cc1cc(C(=O)CN(C)Cc2nc3ccccc3c(=O)[nH]2)c(C)n1CC1COc2ccccc2O1.